The standard InChI is InChI=1S/C25H17N3.C13H9N3.C12H9I/c1-2-8-18(9-3-1)19-14-16-20(17-15-19)27-23-12-6-7-13-24(23)28-22-11-5-4-10-21(22)26-25(27)28;1-3-7-11-9(5-1)14-13-15-10-6-2-4-8-12(10)16(11)13;13-12-8-6-11(7-9-12)10-4-2-1-3-5-10/h1-17H;1-8H,(H,14,15);1-9H. The lowest BCUT2D eigenvalue weighted by Gasteiger charge is -2.07. The summed E-state index contributed by atoms with van der Waals surface area (Å²) < 4.78 is 7.92. The summed E-state index contributed by atoms with van der Waals surface area (Å²) in [7, 11) is 0. The Morgan fingerprint density at radius 3 is 1.46 bits per heavy atom. The second-order valence-electron chi connectivity index (χ2n) is 13.7. The Morgan fingerprint density at radius 1 is 0.368 bits per heavy atom. The highest BCUT2D eigenvalue weighted by Gasteiger charge is 2.16. The highest BCUT2D eigenvalue weighted by Crippen LogP contribution is 2.30. The van der Waals surface area contributed by atoms with Gasteiger partial charge in [-0.05, 0) is 118 Å². The van der Waals surface area contributed by atoms with Gasteiger partial charge in [0.1, 0.15) is 0 Å². The van der Waals surface area contributed by atoms with Crippen LogP contribution in [0.4, 0.5) is 0 Å². The summed E-state index contributed by atoms with van der Waals surface area (Å²) in [6.07, 6.45) is 0. The fraction of sp³-hybridized carbons (Fsp3) is 0. The van der Waals surface area contributed by atoms with Crippen LogP contribution in [0.25, 0.3) is 83.6 Å². The molecule has 0 spiro atoms. The van der Waals surface area contributed by atoms with Crippen LogP contribution in [-0.2, 0) is 0 Å². The first-order valence-corrected chi connectivity index (χ1v) is 19.9. The fourth-order valence-corrected chi connectivity index (χ4v) is 7.92. The number of aromatic nitrogens is 6. The molecule has 8 aromatic carbocycles. The van der Waals surface area contributed by atoms with Gasteiger partial charge in [0.2, 0.25) is 11.6 Å². The van der Waals surface area contributed by atoms with E-state index in [1.165, 1.54) is 36.9 Å². The molecule has 0 aliphatic heterocycles. The first-order chi connectivity index (χ1) is 28.2. The average molecular weight is 847 g/mol. The van der Waals surface area contributed by atoms with Crippen molar-refractivity contribution in [2.45, 2.75) is 0 Å². The molecular formula is C50H35IN6. The van der Waals surface area contributed by atoms with Crippen LogP contribution in [0.3, 0.4) is 0 Å². The van der Waals surface area contributed by atoms with E-state index in [0.717, 1.165) is 50.3 Å². The summed E-state index contributed by atoms with van der Waals surface area (Å²) in [6.45, 7) is 0. The van der Waals surface area contributed by atoms with Crippen LogP contribution in [0.15, 0.2) is 206 Å². The molecular weight excluding hydrogens is 811 g/mol. The molecule has 0 aliphatic rings. The third kappa shape index (κ3) is 6.51. The van der Waals surface area contributed by atoms with Gasteiger partial charge in [-0.3, -0.25) is 13.4 Å². The van der Waals surface area contributed by atoms with Crippen LogP contribution in [0, 0.1) is 3.57 Å². The van der Waals surface area contributed by atoms with Gasteiger partial charge in [0.05, 0.1) is 44.1 Å². The van der Waals surface area contributed by atoms with Gasteiger partial charge in [-0.25, -0.2) is 9.97 Å². The van der Waals surface area contributed by atoms with Gasteiger partial charge >= 0.3 is 0 Å². The number of benzene rings is 8. The number of para-hydroxylation sites is 8. The van der Waals surface area contributed by atoms with E-state index in [-0.39, 0.29) is 0 Å². The Balaban J connectivity index is 0.000000115. The SMILES string of the molecule is Ic1ccc(-c2ccccc2)cc1.c1ccc(-c2ccc(-n3c4ccccc4n4c5ccccc5nc34)cc2)cc1.c1ccc2c(c1)nc1[nH]c3ccccc3n12. The van der Waals surface area contributed by atoms with E-state index in [4.69, 9.17) is 4.98 Å². The lowest BCUT2D eigenvalue weighted by molar-refractivity contribution is 1.11. The molecule has 0 fully saturated rings. The maximum absolute atomic E-state index is 4.94. The number of halogens is 1. The molecule has 0 unspecified atom stereocenters. The molecule has 12 rings (SSSR count). The molecule has 7 heteroatoms. The molecule has 0 saturated heterocycles. The Bertz CT molecular complexity index is 3220. The number of fused-ring (bicyclic) bond motifs is 10. The van der Waals surface area contributed by atoms with Gasteiger partial charge < -0.3 is 4.98 Å². The maximum Gasteiger partial charge on any atom is 0.220 e. The lowest BCUT2D eigenvalue weighted by atomic mass is 10.1. The number of nitrogens with zero attached hydrogens (tertiary/aromatic N) is 5. The van der Waals surface area contributed by atoms with Crippen molar-refractivity contribution in [3.63, 3.8) is 0 Å². The summed E-state index contributed by atoms with van der Waals surface area (Å²) in [4.78, 5) is 12.8. The number of imidazole rings is 4. The quantitative estimate of drug-likeness (QED) is 0.180. The van der Waals surface area contributed by atoms with Crippen molar-refractivity contribution in [2.24, 2.45) is 0 Å². The van der Waals surface area contributed by atoms with Crippen molar-refractivity contribution in [2.75, 3.05) is 0 Å². The molecule has 0 saturated carbocycles. The summed E-state index contributed by atoms with van der Waals surface area (Å²) in [5.74, 6) is 1.84. The molecule has 4 aromatic heterocycles. The van der Waals surface area contributed by atoms with Crippen LogP contribution in [-0.4, -0.2) is 28.3 Å². The van der Waals surface area contributed by atoms with Gasteiger partial charge in [0.15, 0.2) is 0 Å². The third-order valence-corrected chi connectivity index (χ3v) is 11.0. The summed E-state index contributed by atoms with van der Waals surface area (Å²) in [5, 5.41) is 0. The molecule has 0 radical (unpaired) electrons. The van der Waals surface area contributed by atoms with E-state index >= 15 is 0 Å². The summed E-state index contributed by atoms with van der Waals surface area (Å²) >= 11 is 2.32. The normalized spacial score (nSPS) is 11.2. The summed E-state index contributed by atoms with van der Waals surface area (Å²) in [5.41, 5.74) is 15.0. The predicted molar refractivity (Wildman–Crippen MR) is 244 cm³/mol. The van der Waals surface area contributed by atoms with Crippen molar-refractivity contribution < 1.29 is 0 Å². The Labute approximate surface area is 342 Å². The van der Waals surface area contributed by atoms with Gasteiger partial charge in [-0.1, -0.05) is 133 Å². The molecule has 4 heterocycles. The molecule has 272 valence electrons. The van der Waals surface area contributed by atoms with Gasteiger partial charge in [0, 0.05) is 9.26 Å². The molecule has 0 aliphatic carbocycles. The number of H-pyrrole nitrogens is 1. The number of nitrogens with one attached hydrogen (secondary N) is 1. The minimum Gasteiger partial charge on any atom is -0.323 e. The monoisotopic (exact) mass is 846 g/mol. The van der Waals surface area contributed by atoms with E-state index in [1.54, 1.807) is 0 Å². The topological polar surface area (TPSA) is 55.3 Å². The molecule has 57 heavy (non-hydrogen) atoms. The summed E-state index contributed by atoms with van der Waals surface area (Å²) in [6, 6.07) is 71.4. The number of hydrogen-bond donors (Lipinski definition) is 1. The zero-order valence-electron chi connectivity index (χ0n) is 30.7. The largest absolute Gasteiger partial charge is 0.323 e. The van der Waals surface area contributed by atoms with Gasteiger partial charge in [0.25, 0.3) is 0 Å². The molecule has 1 N–H and O–H groups in total. The predicted octanol–water partition coefficient (Wildman–Crippen LogP) is 13.0. The minimum absolute atomic E-state index is 0.905. The smallest absolute Gasteiger partial charge is 0.220 e. The minimum atomic E-state index is 0.905. The van der Waals surface area contributed by atoms with Crippen molar-refractivity contribution in [3.05, 3.63) is 210 Å². The van der Waals surface area contributed by atoms with E-state index in [1.807, 2.05) is 48.5 Å². The second kappa shape index (κ2) is 14.9. The molecule has 0 bridgehead atoms. The van der Waals surface area contributed by atoms with Crippen molar-refractivity contribution in [1.82, 2.24) is 28.3 Å². The van der Waals surface area contributed by atoms with E-state index < -0.39 is 0 Å². The highest BCUT2D eigenvalue weighted by atomic mass is 127. The average Bonchev–Trinajstić information content (AvgIpc) is 4.02. The van der Waals surface area contributed by atoms with Crippen molar-refractivity contribution in [1.29, 1.82) is 0 Å². The van der Waals surface area contributed by atoms with Crippen molar-refractivity contribution >= 4 is 78.3 Å². The number of rotatable bonds is 3. The van der Waals surface area contributed by atoms with Crippen LogP contribution in [0.5, 0.6) is 0 Å². The third-order valence-electron chi connectivity index (χ3n) is 10.2. The second-order valence-corrected chi connectivity index (χ2v) is 15.0. The lowest BCUT2D eigenvalue weighted by Crippen LogP contribution is -1.95. The molecule has 0 amide bonds. The van der Waals surface area contributed by atoms with Crippen LogP contribution in [0.2, 0.25) is 0 Å². The van der Waals surface area contributed by atoms with Crippen LogP contribution >= 0.6 is 22.6 Å². The molecule has 12 aromatic rings. The number of aromatic amines is 1. The zero-order chi connectivity index (χ0) is 38.1. The highest BCUT2D eigenvalue weighted by molar-refractivity contribution is 14.1. The van der Waals surface area contributed by atoms with Crippen molar-refractivity contribution in [3.8, 4) is 27.9 Å². The molecule has 6 nitrogen and oxygen atoms in total. The van der Waals surface area contributed by atoms with E-state index in [2.05, 4.69) is 204 Å². The van der Waals surface area contributed by atoms with E-state index in [9.17, 15) is 0 Å². The van der Waals surface area contributed by atoms with Gasteiger partial charge in [-0.15, -0.1) is 0 Å². The Kier molecular flexibility index (Phi) is 9.04. The fourth-order valence-electron chi connectivity index (χ4n) is 7.56. The Morgan fingerprint density at radius 2 is 0.825 bits per heavy atom. The Hall–Kier alpha value is -6.97. The number of hydrogen-bond acceptors (Lipinski definition) is 2. The van der Waals surface area contributed by atoms with E-state index in [0.29, 0.717) is 0 Å². The molecule has 0 atom stereocenters. The van der Waals surface area contributed by atoms with Gasteiger partial charge in [-0.2, -0.15) is 0 Å². The first-order valence-electron chi connectivity index (χ1n) is 18.9. The van der Waals surface area contributed by atoms with Crippen LogP contribution in [0.1, 0.15) is 0 Å². The first kappa shape index (κ1) is 34.5. The van der Waals surface area contributed by atoms with Crippen LogP contribution < -0.4 is 0 Å². The zero-order valence-corrected chi connectivity index (χ0v) is 32.9. The maximum atomic E-state index is 4.94.